The van der Waals surface area contributed by atoms with Crippen molar-refractivity contribution in [2.24, 2.45) is 39.4 Å². The number of ether oxygens (including phenoxy) is 2. The zero-order valence-corrected chi connectivity index (χ0v) is 28.9. The Balaban J connectivity index is 1.37. The third-order valence-electron chi connectivity index (χ3n) is 14.5. The van der Waals surface area contributed by atoms with Crippen molar-refractivity contribution < 1.29 is 40.1 Å². The Morgan fingerprint density at radius 2 is 1.64 bits per heavy atom. The first-order valence-corrected chi connectivity index (χ1v) is 17.6. The van der Waals surface area contributed by atoms with Crippen LogP contribution < -0.4 is 0 Å². The minimum atomic E-state index is -1.49. The van der Waals surface area contributed by atoms with E-state index in [1.165, 1.54) is 12.8 Å². The van der Waals surface area contributed by atoms with Crippen molar-refractivity contribution in [1.29, 1.82) is 0 Å². The van der Waals surface area contributed by atoms with Crippen LogP contribution in [-0.4, -0.2) is 86.3 Å². The van der Waals surface area contributed by atoms with E-state index < -0.39 is 54.4 Å². The maximum Gasteiger partial charge on any atom is 0.186 e. The van der Waals surface area contributed by atoms with Gasteiger partial charge in [-0.15, -0.1) is 0 Å². The molecule has 5 aliphatic rings. The molecule has 1 saturated heterocycles. The molecule has 6 N–H and O–H groups in total. The van der Waals surface area contributed by atoms with Gasteiger partial charge in [0.2, 0.25) is 0 Å². The van der Waals surface area contributed by atoms with E-state index in [-0.39, 0.29) is 28.8 Å². The predicted octanol–water partition coefficient (Wildman–Crippen LogP) is 4.64. The molecule has 0 aromatic rings. The molecule has 0 amide bonds. The second kappa shape index (κ2) is 12.2. The number of aliphatic hydroxyl groups excluding tert-OH is 5. The Morgan fingerprint density at radius 1 is 0.956 bits per heavy atom. The number of hydrogen-bond acceptors (Lipinski definition) is 8. The van der Waals surface area contributed by atoms with Crippen molar-refractivity contribution >= 4 is 0 Å². The molecule has 0 spiro atoms. The van der Waals surface area contributed by atoms with Crippen molar-refractivity contribution in [3.8, 4) is 0 Å². The fourth-order valence-electron chi connectivity index (χ4n) is 11.1. The fraction of sp³-hybridized carbons (Fsp3) is 0.892. The number of aliphatic hydroxyl groups is 6. The number of hydrogen-bond donors (Lipinski definition) is 6. The lowest BCUT2D eigenvalue weighted by atomic mass is 9.43. The number of rotatable bonds is 9. The monoisotopic (exact) mass is 634 g/mol. The van der Waals surface area contributed by atoms with Crippen LogP contribution in [0.3, 0.4) is 0 Å². The molecule has 0 aromatic carbocycles. The van der Waals surface area contributed by atoms with Crippen LogP contribution in [-0.2, 0) is 9.47 Å². The highest BCUT2D eigenvalue weighted by atomic mass is 16.7. The zero-order valence-electron chi connectivity index (χ0n) is 28.9. The van der Waals surface area contributed by atoms with Crippen LogP contribution in [0.15, 0.2) is 23.3 Å². The van der Waals surface area contributed by atoms with Gasteiger partial charge in [0.15, 0.2) is 6.29 Å². The van der Waals surface area contributed by atoms with Crippen molar-refractivity contribution in [2.75, 3.05) is 13.2 Å². The highest BCUT2D eigenvalue weighted by molar-refractivity contribution is 5.39. The summed E-state index contributed by atoms with van der Waals surface area (Å²) in [5, 5.41) is 62.4. The molecule has 0 bridgehead atoms. The molecule has 5 rings (SSSR count). The van der Waals surface area contributed by atoms with Crippen molar-refractivity contribution in [1.82, 2.24) is 0 Å². The van der Waals surface area contributed by atoms with Crippen molar-refractivity contribution in [3.05, 3.63) is 23.3 Å². The molecule has 8 heteroatoms. The van der Waals surface area contributed by atoms with E-state index in [1.807, 2.05) is 13.8 Å². The third kappa shape index (κ3) is 5.51. The van der Waals surface area contributed by atoms with Crippen LogP contribution in [0, 0.1) is 39.4 Å². The lowest BCUT2D eigenvalue weighted by Crippen LogP contribution is -2.62. The normalized spacial score (nSPS) is 47.6. The van der Waals surface area contributed by atoms with Gasteiger partial charge in [-0.1, -0.05) is 52.3 Å². The molecule has 1 heterocycles. The van der Waals surface area contributed by atoms with E-state index in [2.05, 4.69) is 41.2 Å². The molecule has 258 valence electrons. The maximum absolute atomic E-state index is 11.0. The minimum absolute atomic E-state index is 0.0670. The Hall–Kier alpha value is -0.840. The molecule has 4 aliphatic carbocycles. The van der Waals surface area contributed by atoms with Crippen molar-refractivity contribution in [2.45, 2.75) is 155 Å². The Morgan fingerprint density at radius 3 is 2.27 bits per heavy atom. The molecule has 0 radical (unpaired) electrons. The molecule has 8 nitrogen and oxygen atoms in total. The molecule has 13 atom stereocenters. The molecule has 3 fully saturated rings. The first-order valence-electron chi connectivity index (χ1n) is 17.6. The van der Waals surface area contributed by atoms with Gasteiger partial charge in [-0.25, -0.2) is 0 Å². The van der Waals surface area contributed by atoms with Gasteiger partial charge in [-0.2, -0.15) is 0 Å². The number of allylic oxidation sites excluding steroid dienone is 2. The van der Waals surface area contributed by atoms with E-state index >= 15 is 0 Å². The molecule has 0 unspecified atom stereocenters. The van der Waals surface area contributed by atoms with Gasteiger partial charge >= 0.3 is 0 Å². The number of fused-ring (bicyclic) bond motifs is 4. The van der Waals surface area contributed by atoms with Gasteiger partial charge in [0, 0.05) is 5.41 Å². The lowest BCUT2D eigenvalue weighted by Gasteiger charge is -2.63. The maximum atomic E-state index is 11.0. The SMILES string of the molecule is C=C(CC[C@@H](C)[C@H]1CC[C@@]2(C)C3=C(CC[C@]12C)[C@@]1(C)CC[C@H](O[C@@H]2O[C@H](CO)[C@@H](O)[C@H](O)[C@H]2O)[C@@](C)(CO)[C@@H]1CC3)C(C)(C)O. The highest BCUT2D eigenvalue weighted by Gasteiger charge is 2.64. The zero-order chi connectivity index (χ0) is 33.3. The summed E-state index contributed by atoms with van der Waals surface area (Å²) < 4.78 is 12.1. The Labute approximate surface area is 270 Å². The molecule has 2 saturated carbocycles. The smallest absolute Gasteiger partial charge is 0.186 e. The Bertz CT molecular complexity index is 1140. The average Bonchev–Trinajstić information content (AvgIpc) is 3.27. The molecule has 1 aliphatic heterocycles. The summed E-state index contributed by atoms with van der Waals surface area (Å²) in [4.78, 5) is 0. The molecular weight excluding hydrogens is 572 g/mol. The summed E-state index contributed by atoms with van der Waals surface area (Å²) >= 11 is 0. The molecule has 0 aromatic heterocycles. The van der Waals surface area contributed by atoms with Crippen LogP contribution in [0.1, 0.15) is 113 Å². The van der Waals surface area contributed by atoms with E-state index in [0.29, 0.717) is 18.3 Å². The standard InChI is InChI=1S/C37H62O8/c1-21(9-10-22(2)33(3,4)43)23-13-17-37(8)25-11-12-27-34(5,24(25)14-18-36(23,37)7)16-15-28(35(27,6)20-39)45-32-31(42)30(41)29(40)26(19-38)44-32/h21,23,26-32,38-43H,2,9-20H2,1,3-8H3/t21-,23-,26-,27-,28+,29-,30+,31-,32+,34-,35+,36-,37+/m1/s1. The van der Waals surface area contributed by atoms with E-state index in [9.17, 15) is 30.6 Å². The van der Waals surface area contributed by atoms with E-state index in [4.69, 9.17) is 9.47 Å². The second-order valence-electron chi connectivity index (χ2n) is 17.1. The topological polar surface area (TPSA) is 140 Å². The summed E-state index contributed by atoms with van der Waals surface area (Å²) in [6, 6.07) is 0. The van der Waals surface area contributed by atoms with Gasteiger partial charge in [-0.05, 0) is 118 Å². The van der Waals surface area contributed by atoms with Gasteiger partial charge in [0.1, 0.15) is 24.4 Å². The molecular formula is C37H62O8. The van der Waals surface area contributed by atoms with Crippen LogP contribution in [0.5, 0.6) is 0 Å². The highest BCUT2D eigenvalue weighted by Crippen LogP contribution is 2.72. The predicted molar refractivity (Wildman–Crippen MR) is 173 cm³/mol. The van der Waals surface area contributed by atoms with Crippen LogP contribution >= 0.6 is 0 Å². The largest absolute Gasteiger partial charge is 0.396 e. The van der Waals surface area contributed by atoms with E-state index in [0.717, 1.165) is 50.5 Å². The van der Waals surface area contributed by atoms with E-state index in [1.54, 1.807) is 11.1 Å². The second-order valence-corrected chi connectivity index (χ2v) is 17.1. The third-order valence-corrected chi connectivity index (χ3v) is 14.5. The fourth-order valence-corrected chi connectivity index (χ4v) is 11.1. The average molecular weight is 635 g/mol. The van der Waals surface area contributed by atoms with Gasteiger partial charge in [0.05, 0.1) is 24.9 Å². The van der Waals surface area contributed by atoms with Gasteiger partial charge in [-0.3, -0.25) is 0 Å². The van der Waals surface area contributed by atoms with Crippen LogP contribution in [0.2, 0.25) is 0 Å². The lowest BCUT2D eigenvalue weighted by molar-refractivity contribution is -0.328. The molecule has 45 heavy (non-hydrogen) atoms. The van der Waals surface area contributed by atoms with Gasteiger partial charge < -0.3 is 40.1 Å². The van der Waals surface area contributed by atoms with Crippen LogP contribution in [0.4, 0.5) is 0 Å². The Kier molecular flexibility index (Phi) is 9.65. The quantitative estimate of drug-likeness (QED) is 0.202. The first kappa shape index (κ1) is 35.5. The summed E-state index contributed by atoms with van der Waals surface area (Å²) in [5.41, 5.74) is 3.04. The van der Waals surface area contributed by atoms with Crippen LogP contribution in [0.25, 0.3) is 0 Å². The van der Waals surface area contributed by atoms with Gasteiger partial charge in [0.25, 0.3) is 0 Å². The van der Waals surface area contributed by atoms with Crippen molar-refractivity contribution in [3.63, 3.8) is 0 Å². The summed E-state index contributed by atoms with van der Waals surface area (Å²) in [7, 11) is 0. The first-order chi connectivity index (χ1) is 20.9. The summed E-state index contributed by atoms with van der Waals surface area (Å²) in [5.74, 6) is 1.36. The minimum Gasteiger partial charge on any atom is -0.396 e. The summed E-state index contributed by atoms with van der Waals surface area (Å²) in [6.45, 7) is 19.3. The summed E-state index contributed by atoms with van der Waals surface area (Å²) in [6.07, 6.45) is 3.09.